The van der Waals surface area contributed by atoms with E-state index in [0.29, 0.717) is 36.5 Å². The Hall–Kier alpha value is -3.49. The molecule has 0 aliphatic carbocycles. The average molecular weight is 476 g/mol. The third-order valence-corrected chi connectivity index (χ3v) is 8.06. The lowest BCUT2D eigenvalue weighted by atomic mass is 10.00. The third kappa shape index (κ3) is 3.99. The molecule has 8 heteroatoms. The predicted molar refractivity (Wildman–Crippen MR) is 132 cm³/mol. The number of rotatable bonds is 5. The molecule has 1 amide bonds. The smallest absolute Gasteiger partial charge is 0.256 e. The molecule has 0 radical (unpaired) electrons. The number of aromatic nitrogens is 1. The molecule has 4 aromatic rings. The van der Waals surface area contributed by atoms with Gasteiger partial charge in [-0.3, -0.25) is 9.78 Å². The van der Waals surface area contributed by atoms with Crippen LogP contribution in [0.15, 0.2) is 77.8 Å². The van der Waals surface area contributed by atoms with Gasteiger partial charge in [0.2, 0.25) is 10.0 Å². The van der Waals surface area contributed by atoms with Gasteiger partial charge in [0.25, 0.3) is 5.91 Å². The fourth-order valence-electron chi connectivity index (χ4n) is 4.42. The molecule has 5 rings (SSSR count). The fraction of sp³-hybridized carbons (Fsp3) is 0.231. The van der Waals surface area contributed by atoms with Crippen molar-refractivity contribution in [2.45, 2.75) is 11.8 Å². The number of fused-ring (bicyclic) bond motifs is 3. The van der Waals surface area contributed by atoms with Crippen molar-refractivity contribution >= 4 is 37.6 Å². The number of hydrogen-bond donors (Lipinski definition) is 0. The summed E-state index contributed by atoms with van der Waals surface area (Å²) in [6, 6.07) is 20.1. The van der Waals surface area contributed by atoms with Gasteiger partial charge in [-0.15, -0.1) is 0 Å². The lowest BCUT2D eigenvalue weighted by Crippen LogP contribution is -2.50. The van der Waals surface area contributed by atoms with E-state index in [1.807, 2.05) is 49.4 Å². The molecule has 1 aliphatic rings. The van der Waals surface area contributed by atoms with Crippen molar-refractivity contribution in [2.75, 3.05) is 32.8 Å². The molecule has 1 fully saturated rings. The Balaban J connectivity index is 1.37. The van der Waals surface area contributed by atoms with E-state index in [9.17, 15) is 13.2 Å². The minimum Gasteiger partial charge on any atom is -0.494 e. The summed E-state index contributed by atoms with van der Waals surface area (Å²) in [6.45, 7) is 3.50. The number of sulfonamides is 1. The van der Waals surface area contributed by atoms with Gasteiger partial charge in [-0.1, -0.05) is 30.3 Å². The minimum atomic E-state index is -3.64. The Morgan fingerprint density at radius 2 is 1.65 bits per heavy atom. The Kier molecular flexibility index (Phi) is 5.93. The van der Waals surface area contributed by atoms with Crippen LogP contribution in [0.4, 0.5) is 0 Å². The molecule has 0 atom stereocenters. The number of pyridine rings is 1. The zero-order chi connectivity index (χ0) is 23.7. The van der Waals surface area contributed by atoms with E-state index in [4.69, 9.17) is 4.74 Å². The molecular weight excluding hydrogens is 450 g/mol. The summed E-state index contributed by atoms with van der Waals surface area (Å²) in [4.78, 5) is 19.9. The summed E-state index contributed by atoms with van der Waals surface area (Å²) in [5.41, 5.74) is 1.20. The summed E-state index contributed by atoms with van der Waals surface area (Å²) in [6.07, 6.45) is 1.69. The highest BCUT2D eigenvalue weighted by atomic mass is 32.2. The number of ether oxygens (including phenoxy) is 1. The number of carbonyl (C=O) groups is 1. The van der Waals surface area contributed by atoms with Gasteiger partial charge in [0, 0.05) is 37.8 Å². The van der Waals surface area contributed by atoms with Crippen molar-refractivity contribution in [3.63, 3.8) is 0 Å². The number of piperazine rings is 1. The Morgan fingerprint density at radius 1 is 0.941 bits per heavy atom. The summed E-state index contributed by atoms with van der Waals surface area (Å²) >= 11 is 0. The summed E-state index contributed by atoms with van der Waals surface area (Å²) < 4.78 is 33.0. The van der Waals surface area contributed by atoms with E-state index in [2.05, 4.69) is 4.98 Å². The van der Waals surface area contributed by atoms with Crippen LogP contribution in [0.25, 0.3) is 21.7 Å². The summed E-state index contributed by atoms with van der Waals surface area (Å²) in [5, 5.41) is 2.96. The van der Waals surface area contributed by atoms with Crippen molar-refractivity contribution in [2.24, 2.45) is 0 Å². The normalized spacial score (nSPS) is 15.0. The quantitative estimate of drug-likeness (QED) is 0.409. The molecule has 0 spiro atoms. The van der Waals surface area contributed by atoms with Crippen LogP contribution in [-0.4, -0.2) is 61.3 Å². The van der Waals surface area contributed by atoms with Crippen LogP contribution in [-0.2, 0) is 10.0 Å². The second-order valence-electron chi connectivity index (χ2n) is 8.15. The molecule has 174 valence electrons. The molecule has 0 unspecified atom stereocenters. The van der Waals surface area contributed by atoms with Crippen molar-refractivity contribution in [3.05, 3.63) is 78.5 Å². The van der Waals surface area contributed by atoms with E-state index < -0.39 is 10.0 Å². The first kappa shape index (κ1) is 22.3. The maximum Gasteiger partial charge on any atom is 0.256 e. The molecule has 0 saturated carbocycles. The molecular formula is C26H25N3O4S. The van der Waals surface area contributed by atoms with Gasteiger partial charge in [0.05, 0.1) is 22.6 Å². The fourth-order valence-corrected chi connectivity index (χ4v) is 5.84. The predicted octanol–water partition coefficient (Wildman–Crippen LogP) is 3.93. The van der Waals surface area contributed by atoms with Crippen LogP contribution in [0.3, 0.4) is 0 Å². The topological polar surface area (TPSA) is 79.8 Å². The number of hydrogen-bond acceptors (Lipinski definition) is 5. The van der Waals surface area contributed by atoms with Crippen LogP contribution in [0.1, 0.15) is 17.3 Å². The van der Waals surface area contributed by atoms with Crippen LogP contribution in [0.5, 0.6) is 5.75 Å². The highest BCUT2D eigenvalue weighted by molar-refractivity contribution is 7.89. The van der Waals surface area contributed by atoms with E-state index in [-0.39, 0.29) is 23.9 Å². The van der Waals surface area contributed by atoms with Crippen molar-refractivity contribution < 1.29 is 17.9 Å². The first-order valence-corrected chi connectivity index (χ1v) is 12.7. The molecule has 0 N–H and O–H groups in total. The molecule has 3 aromatic carbocycles. The molecule has 1 saturated heterocycles. The lowest BCUT2D eigenvalue weighted by molar-refractivity contribution is 0.0700. The van der Waals surface area contributed by atoms with Gasteiger partial charge in [0.1, 0.15) is 5.75 Å². The minimum absolute atomic E-state index is 0.132. The number of nitrogens with zero attached hydrogens (tertiary/aromatic N) is 3. The Morgan fingerprint density at radius 3 is 2.38 bits per heavy atom. The monoisotopic (exact) mass is 475 g/mol. The first-order valence-electron chi connectivity index (χ1n) is 11.3. The largest absolute Gasteiger partial charge is 0.494 e. The van der Waals surface area contributed by atoms with Gasteiger partial charge in [-0.05, 0) is 54.1 Å². The molecule has 0 bridgehead atoms. The lowest BCUT2D eigenvalue weighted by Gasteiger charge is -2.34. The maximum absolute atomic E-state index is 13.5. The summed E-state index contributed by atoms with van der Waals surface area (Å²) in [7, 11) is -3.64. The van der Waals surface area contributed by atoms with Crippen LogP contribution in [0, 0.1) is 0 Å². The Bertz CT molecular complexity index is 1460. The third-order valence-electron chi connectivity index (χ3n) is 6.14. The molecule has 1 aromatic heterocycles. The van der Waals surface area contributed by atoms with Crippen molar-refractivity contribution in [1.29, 1.82) is 0 Å². The second-order valence-corrected chi connectivity index (χ2v) is 10.1. The second kappa shape index (κ2) is 9.04. The van der Waals surface area contributed by atoms with Gasteiger partial charge in [-0.25, -0.2) is 8.42 Å². The molecule has 2 heterocycles. The van der Waals surface area contributed by atoms with Crippen LogP contribution in [0.2, 0.25) is 0 Å². The standard InChI is InChI=1S/C26H25N3O4S/c1-2-33-20-9-11-21(12-10-20)34(31,32)29-16-14-28(15-17-29)26(30)24-18-19-6-3-4-7-22(19)23-8-5-13-27-25(23)24/h3-13,18H,2,14-17H2,1H3. The van der Waals surface area contributed by atoms with E-state index in [1.165, 1.54) is 4.31 Å². The number of carbonyl (C=O) groups excluding carboxylic acids is 1. The van der Waals surface area contributed by atoms with Crippen molar-refractivity contribution in [3.8, 4) is 5.75 Å². The average Bonchev–Trinajstić information content (AvgIpc) is 2.88. The van der Waals surface area contributed by atoms with Gasteiger partial charge < -0.3 is 9.64 Å². The van der Waals surface area contributed by atoms with Crippen LogP contribution >= 0.6 is 0 Å². The van der Waals surface area contributed by atoms with Gasteiger partial charge >= 0.3 is 0 Å². The first-order chi connectivity index (χ1) is 16.5. The van der Waals surface area contributed by atoms with E-state index in [0.717, 1.165) is 16.2 Å². The molecule has 34 heavy (non-hydrogen) atoms. The van der Waals surface area contributed by atoms with Gasteiger partial charge in [0.15, 0.2) is 0 Å². The maximum atomic E-state index is 13.5. The molecule has 1 aliphatic heterocycles. The number of benzene rings is 3. The van der Waals surface area contributed by atoms with Crippen LogP contribution < -0.4 is 4.74 Å². The van der Waals surface area contributed by atoms with Crippen molar-refractivity contribution in [1.82, 2.24) is 14.2 Å². The SMILES string of the molecule is CCOc1ccc(S(=O)(=O)N2CCN(C(=O)c3cc4ccccc4c4cccnc34)CC2)cc1. The highest BCUT2D eigenvalue weighted by Gasteiger charge is 2.31. The zero-order valence-corrected chi connectivity index (χ0v) is 19.7. The zero-order valence-electron chi connectivity index (χ0n) is 18.8. The van der Waals surface area contributed by atoms with E-state index >= 15 is 0 Å². The van der Waals surface area contributed by atoms with E-state index in [1.54, 1.807) is 35.4 Å². The van der Waals surface area contributed by atoms with Gasteiger partial charge in [-0.2, -0.15) is 4.31 Å². The highest BCUT2D eigenvalue weighted by Crippen LogP contribution is 2.29. The summed E-state index contributed by atoms with van der Waals surface area (Å²) in [5.74, 6) is 0.501. The number of amides is 1. The Labute approximate surface area is 198 Å². The molecule has 7 nitrogen and oxygen atoms in total.